The Kier molecular flexibility index (Phi) is 5.75. The van der Waals surface area contributed by atoms with Crippen LogP contribution < -0.4 is 10.6 Å². The van der Waals surface area contributed by atoms with Crippen molar-refractivity contribution in [2.24, 2.45) is 5.92 Å². The molecule has 0 saturated heterocycles. The van der Waals surface area contributed by atoms with Crippen molar-refractivity contribution in [1.82, 2.24) is 10.6 Å². The summed E-state index contributed by atoms with van der Waals surface area (Å²) in [6, 6.07) is 9.71. The molecule has 2 unspecified atom stereocenters. The number of nitrogens with one attached hydrogen (secondary N) is 2. The molecule has 118 valence electrons. The summed E-state index contributed by atoms with van der Waals surface area (Å²) in [5.41, 5.74) is 1.19. The average molecular weight is 300 g/mol. The average Bonchev–Trinajstić information content (AvgIpc) is 2.49. The molecule has 0 spiro atoms. The number of carbonyl (C=O) groups excluding carboxylic acids is 2. The molecule has 1 aliphatic carbocycles. The molecule has 2 N–H and O–H groups in total. The summed E-state index contributed by atoms with van der Waals surface area (Å²) in [4.78, 5) is 23.9. The fraction of sp³-hybridized carbons (Fsp3) is 0.444. The van der Waals surface area contributed by atoms with Gasteiger partial charge in [-0.25, -0.2) is 0 Å². The third-order valence-corrected chi connectivity index (χ3v) is 4.09. The summed E-state index contributed by atoms with van der Waals surface area (Å²) in [6.07, 6.45) is 6.23. The molecule has 1 saturated carbocycles. The number of carbonyl (C=O) groups is 2. The topological polar surface area (TPSA) is 58.2 Å². The Labute approximate surface area is 132 Å². The van der Waals surface area contributed by atoms with Crippen LogP contribution in [0.25, 0.3) is 6.08 Å². The van der Waals surface area contributed by atoms with E-state index >= 15 is 0 Å². The lowest BCUT2D eigenvalue weighted by Gasteiger charge is -2.29. The molecule has 0 radical (unpaired) electrons. The lowest BCUT2D eigenvalue weighted by atomic mass is 9.86. The molecule has 1 fully saturated rings. The van der Waals surface area contributed by atoms with Gasteiger partial charge >= 0.3 is 0 Å². The van der Waals surface area contributed by atoms with Gasteiger partial charge in [-0.15, -0.1) is 0 Å². The zero-order valence-electron chi connectivity index (χ0n) is 13.3. The number of hydrogen-bond donors (Lipinski definition) is 2. The maximum atomic E-state index is 12.5. The molecule has 0 heterocycles. The minimum absolute atomic E-state index is 0.189. The first-order chi connectivity index (χ1) is 10.6. The van der Waals surface area contributed by atoms with Crippen molar-refractivity contribution >= 4 is 17.9 Å². The van der Waals surface area contributed by atoms with Gasteiger partial charge in [0.05, 0.1) is 0 Å². The molecule has 1 aromatic carbocycles. The van der Waals surface area contributed by atoms with E-state index in [4.69, 9.17) is 0 Å². The van der Waals surface area contributed by atoms with Gasteiger partial charge in [-0.3, -0.25) is 9.59 Å². The lowest BCUT2D eigenvalue weighted by molar-refractivity contribution is -0.123. The van der Waals surface area contributed by atoms with E-state index < -0.39 is 0 Å². The summed E-state index contributed by atoms with van der Waals surface area (Å²) in [7, 11) is 0. The van der Waals surface area contributed by atoms with Crippen LogP contribution in [-0.2, 0) is 9.59 Å². The maximum absolute atomic E-state index is 12.5. The second kappa shape index (κ2) is 7.78. The Morgan fingerprint density at radius 3 is 2.45 bits per heavy atom. The zero-order valence-corrected chi connectivity index (χ0v) is 13.3. The molecule has 4 heteroatoms. The highest BCUT2D eigenvalue weighted by atomic mass is 16.2. The third-order valence-electron chi connectivity index (χ3n) is 4.09. The van der Waals surface area contributed by atoms with E-state index in [2.05, 4.69) is 17.6 Å². The second-order valence-corrected chi connectivity index (χ2v) is 5.99. The van der Waals surface area contributed by atoms with Gasteiger partial charge in [-0.2, -0.15) is 0 Å². The summed E-state index contributed by atoms with van der Waals surface area (Å²) >= 11 is 0. The zero-order chi connectivity index (χ0) is 15.9. The standard InChI is InChI=1S/C18H24N2O2/c1-13-8-6-7-11-16(13)20-18(22)17(19-14(2)21)12-15-9-4-3-5-10-15/h3-5,9-10,12-13,16H,6-8,11H2,1-2H3,(H,19,21)(H,20,22). The fourth-order valence-corrected chi connectivity index (χ4v) is 2.84. The first-order valence-electron chi connectivity index (χ1n) is 7.91. The largest absolute Gasteiger partial charge is 0.348 e. The van der Waals surface area contributed by atoms with Crippen molar-refractivity contribution in [1.29, 1.82) is 0 Å². The van der Waals surface area contributed by atoms with Gasteiger partial charge < -0.3 is 10.6 Å². The van der Waals surface area contributed by atoms with Gasteiger partial charge in [0.15, 0.2) is 0 Å². The van der Waals surface area contributed by atoms with Crippen molar-refractivity contribution in [2.45, 2.75) is 45.6 Å². The lowest BCUT2D eigenvalue weighted by Crippen LogP contribution is -2.44. The van der Waals surface area contributed by atoms with E-state index in [9.17, 15) is 9.59 Å². The number of rotatable bonds is 4. The van der Waals surface area contributed by atoms with E-state index in [0.717, 1.165) is 24.8 Å². The quantitative estimate of drug-likeness (QED) is 0.840. The minimum atomic E-state index is -0.242. The summed E-state index contributed by atoms with van der Waals surface area (Å²) in [5, 5.41) is 5.72. The monoisotopic (exact) mass is 300 g/mol. The molecule has 2 amide bonds. The van der Waals surface area contributed by atoms with Crippen LogP contribution in [-0.4, -0.2) is 17.9 Å². The van der Waals surface area contributed by atoms with Crippen molar-refractivity contribution in [2.75, 3.05) is 0 Å². The Morgan fingerprint density at radius 1 is 1.14 bits per heavy atom. The Balaban J connectivity index is 2.12. The summed E-state index contributed by atoms with van der Waals surface area (Å²) < 4.78 is 0. The molecule has 0 bridgehead atoms. The first kappa shape index (κ1) is 16.3. The van der Waals surface area contributed by atoms with Crippen LogP contribution in [0.15, 0.2) is 36.0 Å². The van der Waals surface area contributed by atoms with Crippen LogP contribution in [0.2, 0.25) is 0 Å². The Morgan fingerprint density at radius 2 is 1.82 bits per heavy atom. The van der Waals surface area contributed by atoms with E-state index in [1.54, 1.807) is 6.08 Å². The van der Waals surface area contributed by atoms with Gasteiger partial charge in [0.25, 0.3) is 5.91 Å². The van der Waals surface area contributed by atoms with Crippen LogP contribution in [0.4, 0.5) is 0 Å². The van der Waals surface area contributed by atoms with E-state index in [0.29, 0.717) is 11.6 Å². The van der Waals surface area contributed by atoms with Crippen LogP contribution in [0, 0.1) is 5.92 Å². The second-order valence-electron chi connectivity index (χ2n) is 5.99. The molecular weight excluding hydrogens is 276 g/mol. The molecular formula is C18H24N2O2. The normalized spacial score (nSPS) is 22.0. The fourth-order valence-electron chi connectivity index (χ4n) is 2.84. The molecule has 4 nitrogen and oxygen atoms in total. The van der Waals surface area contributed by atoms with Gasteiger partial charge in [-0.1, -0.05) is 50.1 Å². The molecule has 1 aromatic rings. The van der Waals surface area contributed by atoms with E-state index in [1.807, 2.05) is 30.3 Å². The number of benzene rings is 1. The van der Waals surface area contributed by atoms with Gasteiger partial charge in [0, 0.05) is 13.0 Å². The number of amides is 2. The number of hydrogen-bond acceptors (Lipinski definition) is 2. The van der Waals surface area contributed by atoms with Crippen molar-refractivity contribution < 1.29 is 9.59 Å². The molecule has 2 atom stereocenters. The van der Waals surface area contributed by atoms with E-state index in [-0.39, 0.29) is 17.9 Å². The minimum Gasteiger partial charge on any atom is -0.348 e. The first-order valence-corrected chi connectivity index (χ1v) is 7.91. The summed E-state index contributed by atoms with van der Waals surface area (Å²) in [5.74, 6) is 0.0276. The highest BCUT2D eigenvalue weighted by Crippen LogP contribution is 2.23. The highest BCUT2D eigenvalue weighted by molar-refractivity contribution is 6.01. The smallest absolute Gasteiger partial charge is 0.268 e. The molecule has 2 rings (SSSR count). The highest BCUT2D eigenvalue weighted by Gasteiger charge is 2.24. The van der Waals surface area contributed by atoms with Crippen LogP contribution in [0.3, 0.4) is 0 Å². The molecule has 0 aromatic heterocycles. The van der Waals surface area contributed by atoms with Crippen LogP contribution in [0.5, 0.6) is 0 Å². The van der Waals surface area contributed by atoms with Gasteiger partial charge in [0.2, 0.25) is 5.91 Å². The summed E-state index contributed by atoms with van der Waals surface area (Å²) in [6.45, 7) is 3.58. The predicted octanol–water partition coefficient (Wildman–Crippen LogP) is 2.86. The van der Waals surface area contributed by atoms with Crippen LogP contribution >= 0.6 is 0 Å². The van der Waals surface area contributed by atoms with Gasteiger partial charge in [0.1, 0.15) is 5.70 Å². The predicted molar refractivity (Wildman–Crippen MR) is 87.8 cm³/mol. The van der Waals surface area contributed by atoms with Gasteiger partial charge in [-0.05, 0) is 30.4 Å². The van der Waals surface area contributed by atoms with E-state index in [1.165, 1.54) is 13.3 Å². The molecule has 1 aliphatic rings. The van der Waals surface area contributed by atoms with Crippen LogP contribution in [0.1, 0.15) is 45.1 Å². The molecule has 0 aliphatic heterocycles. The third kappa shape index (κ3) is 4.72. The molecule has 22 heavy (non-hydrogen) atoms. The Bertz CT molecular complexity index is 551. The SMILES string of the molecule is CC(=O)NC(=Cc1ccccc1)C(=O)NC1CCCCC1C. The van der Waals surface area contributed by atoms with Crippen molar-refractivity contribution in [3.05, 3.63) is 41.6 Å². The van der Waals surface area contributed by atoms with Crippen molar-refractivity contribution in [3.8, 4) is 0 Å². The maximum Gasteiger partial charge on any atom is 0.268 e. The Hall–Kier alpha value is -2.10. The van der Waals surface area contributed by atoms with Crippen molar-refractivity contribution in [3.63, 3.8) is 0 Å².